The molecule has 8 nitrogen and oxygen atoms in total. The van der Waals surface area contributed by atoms with Gasteiger partial charge in [0.2, 0.25) is 0 Å². The SMILES string of the molecule is O=C1N=C2c3ccccc3N=C(SCc3cc(=O)n4cc(Cl)ccc4n3)N2C1Cc1c[nH]c2ccccc12. The number of aromatic nitrogens is 3. The summed E-state index contributed by atoms with van der Waals surface area (Å²) in [4.78, 5) is 45.2. The summed E-state index contributed by atoms with van der Waals surface area (Å²) in [6.07, 6.45) is 3.99. The molecule has 2 aliphatic rings. The van der Waals surface area contributed by atoms with Crippen LogP contribution >= 0.6 is 23.4 Å². The van der Waals surface area contributed by atoms with Gasteiger partial charge >= 0.3 is 0 Å². The lowest BCUT2D eigenvalue weighted by atomic mass is 10.0. The number of rotatable bonds is 4. The van der Waals surface area contributed by atoms with Crippen LogP contribution in [0.2, 0.25) is 5.02 Å². The minimum absolute atomic E-state index is 0.200. The summed E-state index contributed by atoms with van der Waals surface area (Å²) >= 11 is 7.47. The minimum atomic E-state index is -0.527. The van der Waals surface area contributed by atoms with Gasteiger partial charge in [0.15, 0.2) is 5.17 Å². The fourth-order valence-electron chi connectivity index (χ4n) is 4.95. The average Bonchev–Trinajstić information content (AvgIpc) is 3.49. The average molecular weight is 539 g/mol. The van der Waals surface area contributed by atoms with Crippen LogP contribution in [0, 0.1) is 0 Å². The quantitative estimate of drug-likeness (QED) is 0.349. The number of carbonyl (C=O) groups excluding carboxylic acids is 1. The Balaban J connectivity index is 1.24. The Hall–Kier alpha value is -4.21. The fourth-order valence-corrected chi connectivity index (χ4v) is 6.05. The molecule has 5 aromatic rings. The highest BCUT2D eigenvalue weighted by Crippen LogP contribution is 2.36. The molecule has 1 unspecified atom stereocenters. The Bertz CT molecular complexity index is 1890. The highest BCUT2D eigenvalue weighted by Gasteiger charge is 2.42. The van der Waals surface area contributed by atoms with Gasteiger partial charge in [-0.2, -0.15) is 4.99 Å². The van der Waals surface area contributed by atoms with E-state index in [4.69, 9.17) is 16.6 Å². The molecular formula is C28H19ClN6O2S. The zero-order valence-corrected chi connectivity index (χ0v) is 21.4. The molecule has 3 aromatic heterocycles. The number of benzene rings is 2. The Morgan fingerprint density at radius 3 is 2.76 bits per heavy atom. The first-order valence-electron chi connectivity index (χ1n) is 12.0. The molecule has 2 aliphatic heterocycles. The second-order valence-electron chi connectivity index (χ2n) is 9.08. The van der Waals surface area contributed by atoms with Crippen LogP contribution in [0.5, 0.6) is 0 Å². The number of thioether (sulfide) groups is 1. The zero-order valence-electron chi connectivity index (χ0n) is 19.8. The van der Waals surface area contributed by atoms with Crippen molar-refractivity contribution >= 4 is 62.5 Å². The number of nitrogens with one attached hydrogen (secondary N) is 1. The molecule has 7 rings (SSSR count). The number of para-hydroxylation sites is 2. The summed E-state index contributed by atoms with van der Waals surface area (Å²) in [6, 6.07) is 20.1. The number of amidine groups is 2. The second-order valence-corrected chi connectivity index (χ2v) is 10.5. The molecule has 1 N–H and O–H groups in total. The van der Waals surface area contributed by atoms with E-state index in [2.05, 4.69) is 21.0 Å². The van der Waals surface area contributed by atoms with Crippen molar-refractivity contribution in [2.24, 2.45) is 9.98 Å². The molecular weight excluding hydrogens is 520 g/mol. The molecule has 2 aromatic carbocycles. The predicted molar refractivity (Wildman–Crippen MR) is 150 cm³/mol. The number of amides is 1. The largest absolute Gasteiger partial charge is 0.361 e. The van der Waals surface area contributed by atoms with E-state index in [1.165, 1.54) is 22.2 Å². The molecule has 0 radical (unpaired) electrons. The Labute approximate surface area is 225 Å². The molecule has 0 spiro atoms. The van der Waals surface area contributed by atoms with E-state index >= 15 is 0 Å². The van der Waals surface area contributed by atoms with Crippen LogP contribution in [0.15, 0.2) is 93.9 Å². The third-order valence-electron chi connectivity index (χ3n) is 6.72. The number of fused-ring (bicyclic) bond motifs is 5. The number of H-pyrrole nitrogens is 1. The van der Waals surface area contributed by atoms with Crippen LogP contribution in [0.1, 0.15) is 16.8 Å². The summed E-state index contributed by atoms with van der Waals surface area (Å²) in [5, 5.41) is 2.19. The first-order chi connectivity index (χ1) is 18.5. The summed E-state index contributed by atoms with van der Waals surface area (Å²) in [5.74, 6) is 0.802. The standard InChI is InChI=1S/C28H19ClN6O2S/c29-17-9-10-24-31-18(12-25(36)34(24)14-17)15-38-28-32-22-8-4-2-6-20(22)26-33-27(37)23(35(26)28)11-16-13-30-21-7-3-1-5-19(16)21/h1-10,12-14,23,30H,11,15H2. The van der Waals surface area contributed by atoms with Gasteiger partial charge in [0, 0.05) is 47.1 Å². The number of pyridine rings is 1. The van der Waals surface area contributed by atoms with Crippen molar-refractivity contribution in [1.29, 1.82) is 0 Å². The lowest BCUT2D eigenvalue weighted by molar-refractivity contribution is -0.119. The summed E-state index contributed by atoms with van der Waals surface area (Å²) in [7, 11) is 0. The summed E-state index contributed by atoms with van der Waals surface area (Å²) in [6.45, 7) is 0. The van der Waals surface area contributed by atoms with Gasteiger partial charge in [0.25, 0.3) is 11.5 Å². The molecule has 5 heterocycles. The monoisotopic (exact) mass is 538 g/mol. The summed E-state index contributed by atoms with van der Waals surface area (Å²) < 4.78 is 1.42. The van der Waals surface area contributed by atoms with Gasteiger partial charge in [-0.05, 0) is 35.9 Å². The van der Waals surface area contributed by atoms with E-state index < -0.39 is 6.04 Å². The highest BCUT2D eigenvalue weighted by molar-refractivity contribution is 8.13. The van der Waals surface area contributed by atoms with E-state index in [-0.39, 0.29) is 11.5 Å². The Morgan fingerprint density at radius 2 is 1.84 bits per heavy atom. The van der Waals surface area contributed by atoms with E-state index in [1.807, 2.05) is 53.6 Å². The first-order valence-corrected chi connectivity index (χ1v) is 13.4. The lowest BCUT2D eigenvalue weighted by Gasteiger charge is -2.31. The Morgan fingerprint density at radius 1 is 1.00 bits per heavy atom. The van der Waals surface area contributed by atoms with Gasteiger partial charge in [-0.25, -0.2) is 9.98 Å². The molecule has 10 heteroatoms. The maximum Gasteiger partial charge on any atom is 0.271 e. The number of hydrogen-bond acceptors (Lipinski definition) is 6. The molecule has 186 valence electrons. The van der Waals surface area contributed by atoms with Gasteiger partial charge in [0.1, 0.15) is 17.5 Å². The van der Waals surface area contributed by atoms with Crippen molar-refractivity contribution in [1.82, 2.24) is 19.3 Å². The zero-order chi connectivity index (χ0) is 25.8. The van der Waals surface area contributed by atoms with Crippen molar-refractivity contribution in [3.8, 4) is 0 Å². The minimum Gasteiger partial charge on any atom is -0.361 e. The van der Waals surface area contributed by atoms with Gasteiger partial charge in [-0.15, -0.1) is 0 Å². The molecule has 0 aliphatic carbocycles. The van der Waals surface area contributed by atoms with Crippen molar-refractivity contribution in [2.75, 3.05) is 0 Å². The molecule has 38 heavy (non-hydrogen) atoms. The topological polar surface area (TPSA) is 95.2 Å². The smallest absolute Gasteiger partial charge is 0.271 e. The normalized spacial score (nSPS) is 16.5. The van der Waals surface area contributed by atoms with E-state index in [1.54, 1.807) is 18.3 Å². The third kappa shape index (κ3) is 3.82. The third-order valence-corrected chi connectivity index (χ3v) is 7.93. The molecule has 1 atom stereocenters. The van der Waals surface area contributed by atoms with Crippen LogP contribution in [0.4, 0.5) is 5.69 Å². The lowest BCUT2D eigenvalue weighted by Crippen LogP contribution is -2.44. The summed E-state index contributed by atoms with van der Waals surface area (Å²) in [5.41, 5.74) is 4.57. The fraction of sp³-hybridized carbons (Fsp3) is 0.107. The number of halogens is 1. The van der Waals surface area contributed by atoms with Crippen molar-refractivity contribution in [2.45, 2.75) is 18.2 Å². The second kappa shape index (κ2) is 8.97. The number of aliphatic imine (C=N–C) groups is 2. The Kier molecular flexibility index (Phi) is 5.41. The van der Waals surface area contributed by atoms with E-state index in [0.717, 1.165) is 27.7 Å². The van der Waals surface area contributed by atoms with Crippen molar-refractivity contribution in [3.63, 3.8) is 0 Å². The maximum absolute atomic E-state index is 13.3. The van der Waals surface area contributed by atoms with Crippen LogP contribution in [0.25, 0.3) is 16.6 Å². The molecule has 1 amide bonds. The number of carbonyl (C=O) groups is 1. The van der Waals surface area contributed by atoms with E-state index in [9.17, 15) is 9.59 Å². The molecule has 0 bridgehead atoms. The highest BCUT2D eigenvalue weighted by atomic mass is 35.5. The van der Waals surface area contributed by atoms with Crippen molar-refractivity contribution in [3.05, 3.63) is 111 Å². The first kappa shape index (κ1) is 22.9. The van der Waals surface area contributed by atoms with Gasteiger partial charge < -0.3 is 4.98 Å². The predicted octanol–water partition coefficient (Wildman–Crippen LogP) is 4.96. The van der Waals surface area contributed by atoms with Crippen LogP contribution in [-0.2, 0) is 17.0 Å². The van der Waals surface area contributed by atoms with Crippen LogP contribution < -0.4 is 5.56 Å². The van der Waals surface area contributed by atoms with Gasteiger partial charge in [-0.1, -0.05) is 53.7 Å². The van der Waals surface area contributed by atoms with Gasteiger partial charge in [0.05, 0.1) is 16.4 Å². The van der Waals surface area contributed by atoms with Crippen LogP contribution in [-0.4, -0.2) is 42.2 Å². The van der Waals surface area contributed by atoms with E-state index in [0.29, 0.717) is 39.5 Å². The number of nitrogens with zero attached hydrogens (tertiary/aromatic N) is 5. The molecule has 0 saturated heterocycles. The maximum atomic E-state index is 13.3. The molecule has 0 saturated carbocycles. The van der Waals surface area contributed by atoms with Gasteiger partial charge in [-0.3, -0.25) is 18.9 Å². The van der Waals surface area contributed by atoms with Crippen LogP contribution in [0.3, 0.4) is 0 Å². The molecule has 0 fully saturated rings. The number of hydrogen-bond donors (Lipinski definition) is 1. The van der Waals surface area contributed by atoms with Crippen molar-refractivity contribution < 1.29 is 4.79 Å². The number of aromatic amines is 1.